The Morgan fingerprint density at radius 3 is 2.70 bits per heavy atom. The van der Waals surface area contributed by atoms with Crippen LogP contribution in [-0.2, 0) is 4.79 Å². The Labute approximate surface area is 168 Å². The molecule has 5 nitrogen and oxygen atoms in total. The fourth-order valence-corrected chi connectivity index (χ4v) is 3.72. The van der Waals surface area contributed by atoms with E-state index in [0.29, 0.717) is 21.7 Å². The number of nitrogens with zero attached hydrogens (tertiary/aromatic N) is 3. The molecule has 0 N–H and O–H groups in total. The highest BCUT2D eigenvalue weighted by atomic mass is 79.9. The fraction of sp³-hybridized carbons (Fsp3) is 0.0500. The Kier molecular flexibility index (Phi) is 4.96. The van der Waals surface area contributed by atoms with E-state index < -0.39 is 0 Å². The van der Waals surface area contributed by atoms with Gasteiger partial charge in [-0.05, 0) is 48.2 Å². The summed E-state index contributed by atoms with van der Waals surface area (Å²) < 4.78 is 6.89. The molecule has 1 fully saturated rings. The van der Waals surface area contributed by atoms with Crippen LogP contribution in [0.1, 0.15) is 5.76 Å². The zero-order chi connectivity index (χ0) is 18.8. The molecular weight excluding hydrogens is 426 g/mol. The number of furan rings is 1. The summed E-state index contributed by atoms with van der Waals surface area (Å²) in [4.78, 5) is 23.2. The van der Waals surface area contributed by atoms with Gasteiger partial charge in [-0.2, -0.15) is 0 Å². The second-order valence-corrected chi connectivity index (χ2v) is 7.69. The lowest BCUT2D eigenvalue weighted by Gasteiger charge is -2.06. The lowest BCUT2D eigenvalue weighted by molar-refractivity contribution is -0.121. The Morgan fingerprint density at radius 1 is 1.15 bits per heavy atom. The molecule has 27 heavy (non-hydrogen) atoms. The van der Waals surface area contributed by atoms with E-state index in [1.54, 1.807) is 25.4 Å². The second-order valence-electron chi connectivity index (χ2n) is 5.77. The quantitative estimate of drug-likeness (QED) is 0.516. The summed E-state index contributed by atoms with van der Waals surface area (Å²) in [5.74, 6) is 1.82. The monoisotopic (exact) mass is 439 g/mol. The van der Waals surface area contributed by atoms with Crippen LogP contribution in [0.2, 0.25) is 0 Å². The summed E-state index contributed by atoms with van der Waals surface area (Å²) in [5, 5.41) is 0.588. The lowest BCUT2D eigenvalue weighted by atomic mass is 10.2. The number of thioether (sulfide) groups is 1. The number of carbonyl (C=O) groups is 1. The van der Waals surface area contributed by atoms with E-state index in [4.69, 9.17) is 4.42 Å². The second kappa shape index (κ2) is 7.54. The van der Waals surface area contributed by atoms with E-state index in [2.05, 4.69) is 25.9 Å². The van der Waals surface area contributed by atoms with Crippen molar-refractivity contribution in [3.63, 3.8) is 0 Å². The van der Waals surface area contributed by atoms with Gasteiger partial charge < -0.3 is 4.42 Å². The van der Waals surface area contributed by atoms with Gasteiger partial charge in [-0.15, -0.1) is 0 Å². The Bertz CT molecular complexity index is 1040. The Balaban J connectivity index is 1.58. The van der Waals surface area contributed by atoms with Crippen LogP contribution in [0.5, 0.6) is 0 Å². The van der Waals surface area contributed by atoms with Crippen molar-refractivity contribution in [2.24, 2.45) is 4.99 Å². The van der Waals surface area contributed by atoms with Crippen LogP contribution in [0.25, 0.3) is 17.4 Å². The number of aliphatic imine (C=N–C) groups is 1. The van der Waals surface area contributed by atoms with Gasteiger partial charge in [0, 0.05) is 29.4 Å². The average Bonchev–Trinajstić information content (AvgIpc) is 3.24. The molecular formula is C20H14BrN3O2S. The number of aromatic nitrogens is 1. The molecule has 3 aromatic rings. The molecule has 0 bridgehead atoms. The van der Waals surface area contributed by atoms with Crippen LogP contribution in [0.3, 0.4) is 0 Å². The number of halogens is 1. The van der Waals surface area contributed by atoms with Crippen molar-refractivity contribution in [1.82, 2.24) is 9.88 Å². The standard InChI is InChI=1S/C20H14BrN3O2S/c1-24-19(25)17(27-20(24)23-18-4-2-3-11-22-18)12-15-9-10-16(26-15)13-5-7-14(21)8-6-13/h2-12H,1H3/b17-12+,23-20+. The lowest BCUT2D eigenvalue weighted by Crippen LogP contribution is -2.23. The van der Waals surface area contributed by atoms with Gasteiger partial charge in [0.25, 0.3) is 5.91 Å². The molecule has 0 radical (unpaired) electrons. The van der Waals surface area contributed by atoms with E-state index >= 15 is 0 Å². The maximum atomic E-state index is 12.5. The first kappa shape index (κ1) is 17.8. The predicted molar refractivity (Wildman–Crippen MR) is 112 cm³/mol. The van der Waals surface area contributed by atoms with Crippen molar-refractivity contribution in [2.75, 3.05) is 7.05 Å². The van der Waals surface area contributed by atoms with Gasteiger partial charge in [0.2, 0.25) is 0 Å². The van der Waals surface area contributed by atoms with E-state index in [1.807, 2.05) is 48.5 Å². The summed E-state index contributed by atoms with van der Waals surface area (Å²) in [5.41, 5.74) is 0.975. The summed E-state index contributed by atoms with van der Waals surface area (Å²) >= 11 is 4.73. The van der Waals surface area contributed by atoms with E-state index in [-0.39, 0.29) is 5.91 Å². The highest BCUT2D eigenvalue weighted by molar-refractivity contribution is 9.10. The van der Waals surface area contributed by atoms with Crippen molar-refractivity contribution in [1.29, 1.82) is 0 Å². The number of hydrogen-bond acceptors (Lipinski definition) is 5. The normalized spacial score (nSPS) is 17.3. The number of amidine groups is 1. The highest BCUT2D eigenvalue weighted by Gasteiger charge is 2.30. The van der Waals surface area contributed by atoms with Crippen molar-refractivity contribution >= 4 is 50.7 Å². The molecule has 0 aliphatic carbocycles. The van der Waals surface area contributed by atoms with Crippen LogP contribution in [0, 0.1) is 0 Å². The van der Waals surface area contributed by atoms with Crippen molar-refractivity contribution in [3.05, 3.63) is 75.9 Å². The molecule has 0 spiro atoms. The van der Waals surface area contributed by atoms with Gasteiger partial charge in [-0.25, -0.2) is 9.98 Å². The zero-order valence-electron chi connectivity index (χ0n) is 14.3. The van der Waals surface area contributed by atoms with Crippen molar-refractivity contribution in [2.45, 2.75) is 0 Å². The first-order valence-electron chi connectivity index (χ1n) is 8.13. The minimum Gasteiger partial charge on any atom is -0.457 e. The van der Waals surface area contributed by atoms with Crippen LogP contribution in [0.4, 0.5) is 5.82 Å². The van der Waals surface area contributed by atoms with Gasteiger partial charge in [0.1, 0.15) is 11.5 Å². The number of benzene rings is 1. The predicted octanol–water partition coefficient (Wildman–Crippen LogP) is 5.34. The van der Waals surface area contributed by atoms with Gasteiger partial charge in [0.15, 0.2) is 11.0 Å². The third kappa shape index (κ3) is 3.89. The van der Waals surface area contributed by atoms with Crippen LogP contribution in [0.15, 0.2) is 79.6 Å². The van der Waals surface area contributed by atoms with Crippen molar-refractivity contribution < 1.29 is 9.21 Å². The van der Waals surface area contributed by atoms with E-state index in [0.717, 1.165) is 15.8 Å². The van der Waals surface area contributed by atoms with Crippen LogP contribution < -0.4 is 0 Å². The molecule has 1 aromatic carbocycles. The molecule has 2 aromatic heterocycles. The van der Waals surface area contributed by atoms with Gasteiger partial charge in [-0.3, -0.25) is 9.69 Å². The molecule has 0 saturated carbocycles. The summed E-state index contributed by atoms with van der Waals surface area (Å²) in [6.45, 7) is 0. The molecule has 134 valence electrons. The van der Waals surface area contributed by atoms with Crippen molar-refractivity contribution in [3.8, 4) is 11.3 Å². The largest absolute Gasteiger partial charge is 0.457 e. The van der Waals surface area contributed by atoms with Crippen LogP contribution >= 0.6 is 27.7 Å². The number of amides is 1. The molecule has 1 aliphatic heterocycles. The molecule has 7 heteroatoms. The number of rotatable bonds is 3. The molecule has 4 rings (SSSR count). The highest BCUT2D eigenvalue weighted by Crippen LogP contribution is 2.33. The maximum absolute atomic E-state index is 12.5. The molecule has 1 aliphatic rings. The molecule has 0 atom stereocenters. The number of pyridine rings is 1. The topological polar surface area (TPSA) is 58.7 Å². The summed E-state index contributed by atoms with van der Waals surface area (Å²) in [7, 11) is 1.70. The Morgan fingerprint density at radius 2 is 1.96 bits per heavy atom. The summed E-state index contributed by atoms with van der Waals surface area (Å²) in [6.07, 6.45) is 3.41. The number of likely N-dealkylation sites (N-methyl/N-ethyl adjacent to an activating group) is 1. The first-order chi connectivity index (χ1) is 13.1. The summed E-state index contributed by atoms with van der Waals surface area (Å²) in [6, 6.07) is 17.1. The van der Waals surface area contributed by atoms with E-state index in [1.165, 1.54) is 16.7 Å². The Hall–Kier alpha value is -2.64. The number of hydrogen-bond donors (Lipinski definition) is 0. The molecule has 1 saturated heterocycles. The third-order valence-corrected chi connectivity index (χ3v) is 5.48. The first-order valence-corrected chi connectivity index (χ1v) is 9.74. The number of carbonyl (C=O) groups excluding carboxylic acids is 1. The molecule has 3 heterocycles. The minimum atomic E-state index is -0.115. The smallest absolute Gasteiger partial charge is 0.266 e. The maximum Gasteiger partial charge on any atom is 0.266 e. The SMILES string of the molecule is CN1C(=O)/C(=C\c2ccc(-c3ccc(Br)cc3)o2)S/C1=N/c1ccccn1. The van der Waals surface area contributed by atoms with Gasteiger partial charge in [-0.1, -0.05) is 34.1 Å². The molecule has 1 amide bonds. The fourth-order valence-electron chi connectivity index (χ4n) is 2.50. The zero-order valence-corrected chi connectivity index (χ0v) is 16.7. The average molecular weight is 440 g/mol. The minimum absolute atomic E-state index is 0.115. The van der Waals surface area contributed by atoms with Gasteiger partial charge in [0.05, 0.1) is 4.91 Å². The molecule has 0 unspecified atom stereocenters. The van der Waals surface area contributed by atoms with Crippen LogP contribution in [-0.4, -0.2) is 28.0 Å². The van der Waals surface area contributed by atoms with E-state index in [9.17, 15) is 4.79 Å². The van der Waals surface area contributed by atoms with Gasteiger partial charge >= 0.3 is 0 Å². The third-order valence-electron chi connectivity index (χ3n) is 3.89.